The van der Waals surface area contributed by atoms with E-state index in [1.165, 1.54) is 18.2 Å². The SMILES string of the molecule is CC1C2(c3ccc(Cl)cc3Cl)OC(=N)C1(C#N)C(C#N)(C#N)C(c1ccc(Cl)c(Cl)c1)O2. The van der Waals surface area contributed by atoms with Gasteiger partial charge in [-0.2, -0.15) is 15.8 Å². The molecule has 1 N–H and O–H groups in total. The van der Waals surface area contributed by atoms with Gasteiger partial charge in [-0.3, -0.25) is 5.41 Å². The van der Waals surface area contributed by atoms with E-state index in [4.69, 9.17) is 61.3 Å². The Balaban J connectivity index is 2.07. The van der Waals surface area contributed by atoms with Crippen LogP contribution < -0.4 is 0 Å². The van der Waals surface area contributed by atoms with E-state index in [1.807, 2.05) is 18.2 Å². The minimum Gasteiger partial charge on any atom is -0.443 e. The summed E-state index contributed by atoms with van der Waals surface area (Å²) in [6.45, 7) is 1.59. The van der Waals surface area contributed by atoms with E-state index in [0.717, 1.165) is 0 Å². The first-order valence-electron chi connectivity index (χ1n) is 9.23. The van der Waals surface area contributed by atoms with Crippen LogP contribution >= 0.6 is 46.4 Å². The Labute approximate surface area is 203 Å². The van der Waals surface area contributed by atoms with Crippen molar-refractivity contribution in [2.24, 2.45) is 16.7 Å². The fourth-order valence-electron chi connectivity index (χ4n) is 4.59. The summed E-state index contributed by atoms with van der Waals surface area (Å²) < 4.78 is 12.3. The van der Waals surface area contributed by atoms with Crippen LogP contribution in [-0.4, -0.2) is 5.90 Å². The van der Waals surface area contributed by atoms with Gasteiger partial charge >= 0.3 is 0 Å². The lowest BCUT2D eigenvalue weighted by Gasteiger charge is -2.49. The number of fused-ring (bicyclic) bond motifs is 2. The van der Waals surface area contributed by atoms with Gasteiger partial charge in [0.2, 0.25) is 17.1 Å². The number of nitrogens with one attached hydrogen (secondary N) is 1. The van der Waals surface area contributed by atoms with Gasteiger partial charge in [-0.1, -0.05) is 59.4 Å². The van der Waals surface area contributed by atoms with E-state index in [0.29, 0.717) is 16.1 Å². The number of nitrogens with zero attached hydrogens (tertiary/aromatic N) is 3. The third-order valence-corrected chi connectivity index (χ3v) is 7.51. The molecule has 0 aliphatic carbocycles. The first-order chi connectivity index (χ1) is 15.1. The first kappa shape index (κ1) is 22.7. The molecule has 4 rings (SSSR count). The van der Waals surface area contributed by atoms with Crippen molar-refractivity contribution in [3.05, 3.63) is 67.6 Å². The van der Waals surface area contributed by atoms with Crippen molar-refractivity contribution < 1.29 is 9.47 Å². The highest BCUT2D eigenvalue weighted by molar-refractivity contribution is 6.42. The molecule has 2 saturated heterocycles. The number of rotatable bonds is 2. The van der Waals surface area contributed by atoms with Crippen molar-refractivity contribution >= 4 is 52.3 Å². The van der Waals surface area contributed by atoms with Gasteiger partial charge in [0, 0.05) is 10.6 Å². The highest BCUT2D eigenvalue weighted by Crippen LogP contribution is 2.69. The van der Waals surface area contributed by atoms with Crippen molar-refractivity contribution in [2.75, 3.05) is 0 Å². The Morgan fingerprint density at radius 2 is 1.59 bits per heavy atom. The topological polar surface area (TPSA) is 114 Å². The van der Waals surface area contributed by atoms with Crippen LogP contribution in [0.5, 0.6) is 0 Å². The van der Waals surface area contributed by atoms with Crippen LogP contribution in [0.25, 0.3) is 0 Å². The molecule has 4 atom stereocenters. The number of hydrogen-bond acceptors (Lipinski definition) is 6. The zero-order valence-corrected chi connectivity index (χ0v) is 19.3. The van der Waals surface area contributed by atoms with Crippen LogP contribution in [0, 0.1) is 56.2 Å². The van der Waals surface area contributed by atoms with Crippen LogP contribution in [-0.2, 0) is 15.3 Å². The van der Waals surface area contributed by atoms with Gasteiger partial charge in [-0.15, -0.1) is 0 Å². The molecule has 160 valence electrons. The maximum Gasteiger partial charge on any atom is 0.245 e. The van der Waals surface area contributed by atoms with Crippen LogP contribution in [0.2, 0.25) is 20.1 Å². The molecule has 0 amide bonds. The van der Waals surface area contributed by atoms with Gasteiger partial charge in [0.15, 0.2) is 5.41 Å². The Morgan fingerprint density at radius 3 is 2.16 bits per heavy atom. The third-order valence-electron chi connectivity index (χ3n) is 6.22. The highest BCUT2D eigenvalue weighted by Gasteiger charge is 2.80. The molecule has 6 nitrogen and oxygen atoms in total. The lowest BCUT2D eigenvalue weighted by Crippen LogP contribution is -2.57. The Kier molecular flexibility index (Phi) is 5.34. The van der Waals surface area contributed by atoms with Gasteiger partial charge in [0.05, 0.1) is 39.2 Å². The molecule has 2 heterocycles. The summed E-state index contributed by atoms with van der Waals surface area (Å²) in [7, 11) is 0. The molecule has 0 radical (unpaired) electrons. The summed E-state index contributed by atoms with van der Waals surface area (Å²) in [4.78, 5) is 0. The largest absolute Gasteiger partial charge is 0.443 e. The zero-order valence-electron chi connectivity index (χ0n) is 16.3. The molecule has 10 heteroatoms. The van der Waals surface area contributed by atoms with Crippen molar-refractivity contribution in [3.63, 3.8) is 0 Å². The molecule has 2 fully saturated rings. The second-order valence-electron chi connectivity index (χ2n) is 7.57. The number of halogens is 4. The number of hydrogen-bond donors (Lipinski definition) is 1. The number of nitriles is 3. The molecule has 0 saturated carbocycles. The predicted octanol–water partition coefficient (Wildman–Crippen LogP) is 6.41. The fourth-order valence-corrected chi connectivity index (χ4v) is 5.44. The van der Waals surface area contributed by atoms with Crippen LogP contribution in [0.15, 0.2) is 36.4 Å². The molecule has 2 aromatic carbocycles. The summed E-state index contributed by atoms with van der Waals surface area (Å²) in [5, 5.41) is 40.4. The number of ether oxygens (including phenoxy) is 2. The van der Waals surface area contributed by atoms with Crippen molar-refractivity contribution in [1.82, 2.24) is 0 Å². The minimum atomic E-state index is -2.13. The Bertz CT molecular complexity index is 1280. The van der Waals surface area contributed by atoms with Crippen molar-refractivity contribution in [1.29, 1.82) is 21.2 Å². The molecule has 2 bridgehead atoms. The minimum absolute atomic E-state index is 0.170. The fraction of sp³-hybridized carbons (Fsp3) is 0.273. The summed E-state index contributed by atoms with van der Waals surface area (Å²) >= 11 is 24.7. The molecular weight excluding hydrogens is 494 g/mol. The summed E-state index contributed by atoms with van der Waals surface area (Å²) in [5.74, 6) is -3.24. The Hall–Kier alpha value is -2.50. The molecule has 4 unspecified atom stereocenters. The predicted molar refractivity (Wildman–Crippen MR) is 118 cm³/mol. The van der Waals surface area contributed by atoms with E-state index >= 15 is 0 Å². The quantitative estimate of drug-likeness (QED) is 0.506. The maximum atomic E-state index is 10.3. The molecule has 0 spiro atoms. The molecule has 2 aromatic rings. The van der Waals surface area contributed by atoms with Gasteiger partial charge in [0.25, 0.3) is 0 Å². The molecular formula is C22H12Cl4N4O2. The van der Waals surface area contributed by atoms with E-state index in [-0.39, 0.29) is 15.1 Å². The second-order valence-corrected chi connectivity index (χ2v) is 9.23. The first-order valence-corrected chi connectivity index (χ1v) is 10.7. The van der Waals surface area contributed by atoms with Gasteiger partial charge in [0.1, 0.15) is 6.10 Å². The van der Waals surface area contributed by atoms with Crippen LogP contribution in [0.4, 0.5) is 0 Å². The normalized spacial score (nSPS) is 30.0. The number of benzene rings is 2. The summed E-state index contributed by atoms with van der Waals surface area (Å²) in [5.41, 5.74) is -3.46. The monoisotopic (exact) mass is 504 g/mol. The zero-order chi connectivity index (χ0) is 23.5. The molecule has 2 aliphatic rings. The summed E-state index contributed by atoms with van der Waals surface area (Å²) in [6, 6.07) is 15.1. The highest BCUT2D eigenvalue weighted by atomic mass is 35.5. The van der Waals surface area contributed by atoms with E-state index in [1.54, 1.807) is 25.1 Å². The van der Waals surface area contributed by atoms with Crippen molar-refractivity contribution in [3.8, 4) is 18.2 Å². The van der Waals surface area contributed by atoms with E-state index in [2.05, 4.69) is 0 Å². The molecule has 32 heavy (non-hydrogen) atoms. The van der Waals surface area contributed by atoms with E-state index < -0.39 is 34.5 Å². The van der Waals surface area contributed by atoms with Crippen LogP contribution in [0.3, 0.4) is 0 Å². The average molecular weight is 506 g/mol. The lowest BCUT2D eigenvalue weighted by molar-refractivity contribution is -0.288. The average Bonchev–Trinajstić information content (AvgIpc) is 2.92. The third kappa shape index (κ3) is 2.64. The lowest BCUT2D eigenvalue weighted by atomic mass is 9.53. The van der Waals surface area contributed by atoms with Crippen LogP contribution in [0.1, 0.15) is 24.2 Å². The standard InChI is InChI=1S/C22H12Cl4N4O2/c1-11-21(10-29)19(30)32-22(11,14-4-3-13(23)7-16(14)25)31-18(20(21,8-27)9-28)12-2-5-15(24)17(26)6-12/h2-7,11,18,30H,1H3. The van der Waals surface area contributed by atoms with Gasteiger partial charge < -0.3 is 9.47 Å². The smallest absolute Gasteiger partial charge is 0.245 e. The Morgan fingerprint density at radius 1 is 0.906 bits per heavy atom. The maximum absolute atomic E-state index is 10.3. The van der Waals surface area contributed by atoms with Gasteiger partial charge in [-0.05, 0) is 35.9 Å². The van der Waals surface area contributed by atoms with Crippen molar-refractivity contribution in [2.45, 2.75) is 18.8 Å². The molecule has 0 aromatic heterocycles. The molecule has 2 aliphatic heterocycles. The second kappa shape index (κ2) is 7.53. The summed E-state index contributed by atoms with van der Waals surface area (Å²) in [6.07, 6.45) is -1.32. The van der Waals surface area contributed by atoms with Gasteiger partial charge in [-0.25, -0.2) is 0 Å². The van der Waals surface area contributed by atoms with E-state index in [9.17, 15) is 15.8 Å².